The number of hydrogen-bond acceptors (Lipinski definition) is 8. The van der Waals surface area contributed by atoms with Crippen LogP contribution in [-0.2, 0) is 32.2 Å². The first-order valence-corrected chi connectivity index (χ1v) is 17.0. The Labute approximate surface area is 297 Å². The van der Waals surface area contributed by atoms with Gasteiger partial charge in [-0.25, -0.2) is 14.6 Å². The van der Waals surface area contributed by atoms with Crippen LogP contribution < -0.4 is 21.4 Å². The lowest BCUT2D eigenvalue weighted by Gasteiger charge is -2.42. The molecule has 0 saturated heterocycles. The summed E-state index contributed by atoms with van der Waals surface area (Å²) in [5, 5.41) is 20.4. The average Bonchev–Trinajstić information content (AvgIpc) is 3.08. The fourth-order valence-corrected chi connectivity index (χ4v) is 5.58. The van der Waals surface area contributed by atoms with Crippen LogP contribution in [0.15, 0.2) is 60.8 Å². The average molecular weight is 714 g/mol. The molecule has 0 aliphatic heterocycles. The highest BCUT2D eigenvalue weighted by molar-refractivity contribution is 6.30. The number of hydrazine groups is 1. The van der Waals surface area contributed by atoms with E-state index in [0.717, 1.165) is 10.9 Å². The lowest BCUT2D eigenvalue weighted by molar-refractivity contribution is -0.182. The smallest absolute Gasteiger partial charge is 0.406 e. The molecule has 0 saturated carbocycles. The summed E-state index contributed by atoms with van der Waals surface area (Å²) >= 11 is 5.92. The van der Waals surface area contributed by atoms with E-state index in [1.807, 2.05) is 37.3 Å². The van der Waals surface area contributed by atoms with Gasteiger partial charge in [0.05, 0.1) is 18.1 Å². The monoisotopic (exact) mass is 713 g/mol. The Morgan fingerprint density at radius 3 is 2.30 bits per heavy atom. The van der Waals surface area contributed by atoms with Crippen molar-refractivity contribution in [3.63, 3.8) is 0 Å². The van der Waals surface area contributed by atoms with Crippen LogP contribution in [0.3, 0.4) is 0 Å². The Morgan fingerprint density at radius 1 is 0.980 bits per heavy atom. The maximum absolute atomic E-state index is 14.9. The molecule has 0 bridgehead atoms. The van der Waals surface area contributed by atoms with Crippen molar-refractivity contribution >= 4 is 46.4 Å². The Kier molecular flexibility index (Phi) is 15.7. The predicted octanol–water partition coefficient (Wildman–Crippen LogP) is 4.62. The number of fused-ring (bicyclic) bond motifs is 1. The fourth-order valence-electron chi connectivity index (χ4n) is 5.45. The largest absolute Gasteiger partial charge is 0.465 e. The van der Waals surface area contributed by atoms with E-state index < -0.39 is 48.5 Å². The Balaban J connectivity index is 1.92. The quantitative estimate of drug-likeness (QED) is 0.0877. The van der Waals surface area contributed by atoms with Gasteiger partial charge >= 0.3 is 12.1 Å². The van der Waals surface area contributed by atoms with Crippen molar-refractivity contribution in [3.8, 4) is 0 Å². The molecular weight excluding hydrogens is 666 g/mol. The first kappa shape index (κ1) is 39.9. The molecule has 3 rings (SSSR count). The first-order chi connectivity index (χ1) is 23.9. The Morgan fingerprint density at radius 2 is 1.66 bits per heavy atom. The molecule has 5 N–H and O–H groups in total. The van der Waals surface area contributed by atoms with Crippen molar-refractivity contribution in [1.82, 2.24) is 36.3 Å². The molecule has 14 nitrogen and oxygen atoms in total. The summed E-state index contributed by atoms with van der Waals surface area (Å²) in [5.74, 6) is -1.42. The summed E-state index contributed by atoms with van der Waals surface area (Å²) in [5.41, 5.74) is 2.66. The van der Waals surface area contributed by atoms with Crippen LogP contribution in [0, 0.1) is 0 Å². The minimum absolute atomic E-state index is 0.00525. The lowest BCUT2D eigenvalue weighted by Crippen LogP contribution is -2.71. The van der Waals surface area contributed by atoms with E-state index in [4.69, 9.17) is 21.1 Å². The zero-order valence-corrected chi connectivity index (χ0v) is 30.0. The molecule has 0 aliphatic rings. The van der Waals surface area contributed by atoms with Crippen LogP contribution in [-0.4, -0.2) is 88.7 Å². The van der Waals surface area contributed by atoms with Gasteiger partial charge in [0.2, 0.25) is 5.91 Å². The van der Waals surface area contributed by atoms with Crippen LogP contribution >= 0.6 is 11.6 Å². The van der Waals surface area contributed by atoms with Crippen molar-refractivity contribution in [1.29, 1.82) is 0 Å². The van der Waals surface area contributed by atoms with Gasteiger partial charge < -0.3 is 30.1 Å². The number of rotatable bonds is 19. The molecule has 2 aromatic carbocycles. The Hall–Kier alpha value is -4.50. The van der Waals surface area contributed by atoms with Gasteiger partial charge in [0.25, 0.3) is 5.91 Å². The summed E-state index contributed by atoms with van der Waals surface area (Å²) in [6.07, 6.45) is 0.238. The molecule has 0 fully saturated rings. The van der Waals surface area contributed by atoms with Gasteiger partial charge in [-0.1, -0.05) is 61.3 Å². The van der Waals surface area contributed by atoms with Crippen LogP contribution in [0.1, 0.15) is 58.1 Å². The fraction of sp³-hybridized carbons (Fsp3) is 0.457. The minimum atomic E-state index is -2.08. The van der Waals surface area contributed by atoms with Gasteiger partial charge in [-0.05, 0) is 62.9 Å². The highest BCUT2D eigenvalue weighted by Crippen LogP contribution is 2.25. The number of aromatic nitrogens is 1. The van der Waals surface area contributed by atoms with Crippen molar-refractivity contribution in [2.75, 3.05) is 26.8 Å². The van der Waals surface area contributed by atoms with E-state index in [1.54, 1.807) is 51.2 Å². The van der Waals surface area contributed by atoms with E-state index >= 15 is 0 Å². The number of amides is 5. The molecule has 1 unspecified atom stereocenters. The number of benzene rings is 2. The van der Waals surface area contributed by atoms with Gasteiger partial charge in [-0.15, -0.1) is 0 Å². The molecule has 2 atom stereocenters. The summed E-state index contributed by atoms with van der Waals surface area (Å²) < 4.78 is 11.8. The molecule has 3 aromatic rings. The molecule has 5 amide bonds. The number of nitrogens with one attached hydrogen (secondary N) is 4. The van der Waals surface area contributed by atoms with Gasteiger partial charge in [0, 0.05) is 50.0 Å². The number of unbranched alkanes of at least 4 members (excludes halogenated alkanes) is 1. The maximum atomic E-state index is 14.9. The van der Waals surface area contributed by atoms with Gasteiger partial charge in [0.1, 0.15) is 0 Å². The summed E-state index contributed by atoms with van der Waals surface area (Å²) in [6, 6.07) is 15.0. The molecule has 50 heavy (non-hydrogen) atoms. The van der Waals surface area contributed by atoms with E-state index in [9.17, 15) is 24.3 Å². The summed E-state index contributed by atoms with van der Waals surface area (Å²) in [6.45, 7) is 7.66. The molecule has 0 aliphatic carbocycles. The minimum Gasteiger partial charge on any atom is -0.465 e. The molecule has 0 spiro atoms. The number of likely N-dealkylation sites (N-methyl/N-ethyl adjacent to an activating group) is 1. The Bertz CT molecular complexity index is 1570. The first-order valence-electron chi connectivity index (χ1n) is 16.6. The second kappa shape index (κ2) is 19.6. The number of carboxylic acid groups (broad SMARTS) is 1. The number of ether oxygens (including phenoxy) is 2. The van der Waals surface area contributed by atoms with E-state index in [0.29, 0.717) is 42.2 Å². The maximum Gasteiger partial charge on any atom is 0.406 e. The zero-order valence-electron chi connectivity index (χ0n) is 29.2. The second-order valence-corrected chi connectivity index (χ2v) is 12.1. The van der Waals surface area contributed by atoms with E-state index in [2.05, 4.69) is 26.4 Å². The standard InChI is InChI=1S/C35H48ClN7O7/c1-6-9-19-35(40-34(47)48,39-29(44)23-42(5)41-33(46)38-21-25-15-17-28(36)18-16-25)32(45)43(24(4)31(49-7-2)50-8-3)22-27-13-10-12-26-14-11-20-37-30(26)27/h10-18,20,24,31,40H,6-9,19,21-23H2,1-5H3,(H,39,44)(H,47,48)(H2,38,41,46)/t24-,35?/m0/s1. The lowest BCUT2D eigenvalue weighted by atomic mass is 9.98. The van der Waals surface area contributed by atoms with E-state index in [1.165, 1.54) is 17.0 Å². The third-order valence-electron chi connectivity index (χ3n) is 7.85. The highest BCUT2D eigenvalue weighted by Gasteiger charge is 2.46. The number of halogens is 1. The third-order valence-corrected chi connectivity index (χ3v) is 8.10. The number of carbonyl (C=O) groups excluding carboxylic acids is 3. The molecule has 1 heterocycles. The summed E-state index contributed by atoms with van der Waals surface area (Å²) in [7, 11) is 1.47. The molecule has 0 radical (unpaired) electrons. The zero-order chi connectivity index (χ0) is 36.7. The molecule has 1 aromatic heterocycles. The third kappa shape index (κ3) is 11.5. The van der Waals surface area contributed by atoms with Gasteiger partial charge in [0.15, 0.2) is 12.0 Å². The SMILES string of the molecule is CCCCC(NC(=O)O)(NC(=O)CN(C)NC(=O)NCc1ccc(Cl)cc1)C(=O)N(Cc1cccc2cccnc12)[C@@H](C)C(OCC)OCC. The molecule has 15 heteroatoms. The molecule has 272 valence electrons. The van der Waals surface area contributed by atoms with Crippen molar-refractivity contribution in [2.24, 2.45) is 0 Å². The van der Waals surface area contributed by atoms with Crippen molar-refractivity contribution < 1.29 is 33.8 Å². The second-order valence-electron chi connectivity index (χ2n) is 11.7. The van der Waals surface area contributed by atoms with Crippen molar-refractivity contribution in [3.05, 3.63) is 76.9 Å². The van der Waals surface area contributed by atoms with Crippen molar-refractivity contribution in [2.45, 2.75) is 78.0 Å². The predicted molar refractivity (Wildman–Crippen MR) is 190 cm³/mol. The number of para-hydroxylation sites is 1. The highest BCUT2D eigenvalue weighted by atomic mass is 35.5. The molecular formula is C35H48ClN7O7. The number of nitrogens with zero attached hydrogens (tertiary/aromatic N) is 3. The van der Waals surface area contributed by atoms with E-state index in [-0.39, 0.29) is 19.5 Å². The summed E-state index contributed by atoms with van der Waals surface area (Å²) in [4.78, 5) is 59.3. The van der Waals surface area contributed by atoms with Crippen LogP contribution in [0.25, 0.3) is 10.9 Å². The van der Waals surface area contributed by atoms with Crippen LogP contribution in [0.5, 0.6) is 0 Å². The number of pyridine rings is 1. The van der Waals surface area contributed by atoms with Crippen LogP contribution in [0.2, 0.25) is 5.02 Å². The van der Waals surface area contributed by atoms with Crippen LogP contribution in [0.4, 0.5) is 9.59 Å². The van der Waals surface area contributed by atoms with Gasteiger partial charge in [-0.3, -0.25) is 25.3 Å². The number of hydrogen-bond donors (Lipinski definition) is 5. The number of urea groups is 1. The topological polar surface area (TPSA) is 174 Å². The normalized spacial score (nSPS) is 13.0. The van der Waals surface area contributed by atoms with Gasteiger partial charge in [-0.2, -0.15) is 0 Å². The number of carbonyl (C=O) groups is 4.